The van der Waals surface area contributed by atoms with Gasteiger partial charge in [-0.2, -0.15) is 0 Å². The highest BCUT2D eigenvalue weighted by Gasteiger charge is 2.29. The molecule has 2 rings (SSSR count). The summed E-state index contributed by atoms with van der Waals surface area (Å²) in [4.78, 5) is 16.2. The smallest absolute Gasteiger partial charge is 0.223 e. The van der Waals surface area contributed by atoms with Crippen molar-refractivity contribution in [3.8, 4) is 0 Å². The molecule has 1 fully saturated rings. The fourth-order valence-electron chi connectivity index (χ4n) is 2.47. The van der Waals surface area contributed by atoms with E-state index in [2.05, 4.69) is 10.3 Å². The highest BCUT2D eigenvalue weighted by Crippen LogP contribution is 2.29. The number of nitrogens with two attached hydrogens (primary N) is 1. The van der Waals surface area contributed by atoms with Gasteiger partial charge in [-0.15, -0.1) is 11.3 Å². The third-order valence-electron chi connectivity index (χ3n) is 3.48. The number of carbonyl (C=O) groups excluding carboxylic acids is 1. The Bertz CT molecular complexity index is 353. The molecule has 0 aliphatic heterocycles. The number of carbonyl (C=O) groups is 1. The molecule has 1 aliphatic carbocycles. The van der Waals surface area contributed by atoms with Gasteiger partial charge in [-0.05, 0) is 25.3 Å². The average molecular weight is 253 g/mol. The Labute approximate surface area is 106 Å². The molecule has 1 amide bonds. The van der Waals surface area contributed by atoms with Crippen LogP contribution in [0.1, 0.15) is 31.4 Å². The van der Waals surface area contributed by atoms with Gasteiger partial charge in [-0.25, -0.2) is 4.98 Å². The second kappa shape index (κ2) is 6.12. The molecule has 1 aromatic rings. The Hall–Kier alpha value is -0.940. The molecule has 4 nitrogen and oxygen atoms in total. The summed E-state index contributed by atoms with van der Waals surface area (Å²) in [6.07, 6.45) is 4.42. The van der Waals surface area contributed by atoms with Gasteiger partial charge >= 0.3 is 0 Å². The number of rotatable bonds is 4. The molecule has 0 spiro atoms. The fraction of sp³-hybridized carbons (Fsp3) is 0.667. The Balaban J connectivity index is 1.85. The van der Waals surface area contributed by atoms with E-state index < -0.39 is 0 Å². The zero-order chi connectivity index (χ0) is 12.1. The normalized spacial score (nSPS) is 24.5. The van der Waals surface area contributed by atoms with Crippen molar-refractivity contribution in [3.05, 3.63) is 16.6 Å². The highest BCUT2D eigenvalue weighted by molar-refractivity contribution is 7.07. The predicted molar refractivity (Wildman–Crippen MR) is 68.5 cm³/mol. The van der Waals surface area contributed by atoms with E-state index in [1.54, 1.807) is 16.8 Å². The number of aromatic nitrogens is 1. The SMILES string of the molecule is NCC1CCCCC1C(=O)NCc1cscn1. The van der Waals surface area contributed by atoms with E-state index in [0.717, 1.165) is 25.0 Å². The summed E-state index contributed by atoms with van der Waals surface area (Å²) in [6, 6.07) is 0. The first-order chi connectivity index (χ1) is 8.31. The first-order valence-corrected chi connectivity index (χ1v) is 7.10. The third kappa shape index (κ3) is 3.26. The lowest BCUT2D eigenvalue weighted by Gasteiger charge is -2.29. The van der Waals surface area contributed by atoms with Gasteiger partial charge in [0, 0.05) is 11.3 Å². The monoisotopic (exact) mass is 253 g/mol. The summed E-state index contributed by atoms with van der Waals surface area (Å²) in [7, 11) is 0. The quantitative estimate of drug-likeness (QED) is 0.855. The number of nitrogens with one attached hydrogen (secondary N) is 1. The highest BCUT2D eigenvalue weighted by atomic mass is 32.1. The summed E-state index contributed by atoms with van der Waals surface area (Å²) in [6.45, 7) is 1.16. The summed E-state index contributed by atoms with van der Waals surface area (Å²) < 4.78 is 0. The van der Waals surface area contributed by atoms with Crippen LogP contribution in [0.15, 0.2) is 10.9 Å². The van der Waals surface area contributed by atoms with Crippen molar-refractivity contribution in [3.63, 3.8) is 0 Å². The van der Waals surface area contributed by atoms with Crippen LogP contribution in [0.3, 0.4) is 0 Å². The van der Waals surface area contributed by atoms with E-state index in [4.69, 9.17) is 5.73 Å². The van der Waals surface area contributed by atoms with Gasteiger partial charge in [0.2, 0.25) is 5.91 Å². The Kier molecular flexibility index (Phi) is 4.50. The van der Waals surface area contributed by atoms with E-state index in [9.17, 15) is 4.79 Å². The topological polar surface area (TPSA) is 68.0 Å². The van der Waals surface area contributed by atoms with Crippen molar-refractivity contribution in [1.29, 1.82) is 0 Å². The molecule has 17 heavy (non-hydrogen) atoms. The molecular weight excluding hydrogens is 234 g/mol. The minimum atomic E-state index is 0.104. The van der Waals surface area contributed by atoms with Crippen molar-refractivity contribution in [1.82, 2.24) is 10.3 Å². The van der Waals surface area contributed by atoms with E-state index in [-0.39, 0.29) is 11.8 Å². The molecule has 0 radical (unpaired) electrons. The van der Waals surface area contributed by atoms with Gasteiger partial charge in [0.15, 0.2) is 0 Å². The summed E-state index contributed by atoms with van der Waals surface area (Å²) in [5, 5.41) is 4.93. The van der Waals surface area contributed by atoms with Crippen molar-refractivity contribution < 1.29 is 4.79 Å². The van der Waals surface area contributed by atoms with Crippen molar-refractivity contribution in [2.45, 2.75) is 32.2 Å². The third-order valence-corrected chi connectivity index (χ3v) is 4.11. The standard InChI is InChI=1S/C12H19N3OS/c13-5-9-3-1-2-4-11(9)12(16)14-6-10-7-17-8-15-10/h7-9,11H,1-6,13H2,(H,14,16). The lowest BCUT2D eigenvalue weighted by atomic mass is 9.79. The number of hydrogen-bond donors (Lipinski definition) is 2. The van der Waals surface area contributed by atoms with Crippen LogP contribution in [0.4, 0.5) is 0 Å². The van der Waals surface area contributed by atoms with Gasteiger partial charge in [0.25, 0.3) is 0 Å². The summed E-state index contributed by atoms with van der Waals surface area (Å²) in [5.74, 6) is 0.611. The molecule has 0 saturated heterocycles. The Morgan fingerprint density at radius 2 is 2.35 bits per heavy atom. The maximum Gasteiger partial charge on any atom is 0.223 e. The zero-order valence-electron chi connectivity index (χ0n) is 9.89. The summed E-state index contributed by atoms with van der Waals surface area (Å²) in [5.41, 5.74) is 8.45. The average Bonchev–Trinajstić information content (AvgIpc) is 2.89. The molecule has 1 aliphatic rings. The molecule has 1 aromatic heterocycles. The number of amides is 1. The largest absolute Gasteiger partial charge is 0.350 e. The lowest BCUT2D eigenvalue weighted by Crippen LogP contribution is -2.39. The van der Waals surface area contributed by atoms with Crippen LogP contribution in [0.25, 0.3) is 0 Å². The van der Waals surface area contributed by atoms with E-state index in [1.165, 1.54) is 6.42 Å². The van der Waals surface area contributed by atoms with Crippen LogP contribution in [-0.2, 0) is 11.3 Å². The minimum Gasteiger partial charge on any atom is -0.350 e. The van der Waals surface area contributed by atoms with Crippen LogP contribution in [-0.4, -0.2) is 17.4 Å². The maximum absolute atomic E-state index is 12.1. The first-order valence-electron chi connectivity index (χ1n) is 6.16. The van der Waals surface area contributed by atoms with Crippen molar-refractivity contribution in [2.75, 3.05) is 6.54 Å². The van der Waals surface area contributed by atoms with Gasteiger partial charge in [0.05, 0.1) is 17.7 Å². The predicted octanol–water partition coefficient (Wildman–Crippen LogP) is 1.52. The molecule has 3 N–H and O–H groups in total. The number of nitrogens with zero attached hydrogens (tertiary/aromatic N) is 1. The Morgan fingerprint density at radius 3 is 3.06 bits per heavy atom. The molecule has 5 heteroatoms. The van der Waals surface area contributed by atoms with E-state index in [1.807, 2.05) is 5.38 Å². The van der Waals surface area contributed by atoms with Gasteiger partial charge in [-0.1, -0.05) is 12.8 Å². The molecule has 94 valence electrons. The fourth-order valence-corrected chi connectivity index (χ4v) is 3.03. The van der Waals surface area contributed by atoms with Crippen molar-refractivity contribution >= 4 is 17.2 Å². The molecule has 0 aromatic carbocycles. The van der Waals surface area contributed by atoms with Crippen molar-refractivity contribution in [2.24, 2.45) is 17.6 Å². The molecule has 2 unspecified atom stereocenters. The van der Waals surface area contributed by atoms with Crippen LogP contribution < -0.4 is 11.1 Å². The lowest BCUT2D eigenvalue weighted by molar-refractivity contribution is -0.127. The van der Waals surface area contributed by atoms with E-state index in [0.29, 0.717) is 19.0 Å². The van der Waals surface area contributed by atoms with Crippen LogP contribution >= 0.6 is 11.3 Å². The summed E-state index contributed by atoms with van der Waals surface area (Å²) >= 11 is 1.55. The zero-order valence-corrected chi connectivity index (χ0v) is 10.7. The molecule has 0 bridgehead atoms. The molecule has 2 atom stereocenters. The first kappa shape index (κ1) is 12.5. The minimum absolute atomic E-state index is 0.104. The maximum atomic E-state index is 12.1. The van der Waals surface area contributed by atoms with Crippen LogP contribution in [0.2, 0.25) is 0 Å². The van der Waals surface area contributed by atoms with E-state index >= 15 is 0 Å². The Morgan fingerprint density at radius 1 is 1.53 bits per heavy atom. The van der Waals surface area contributed by atoms with Gasteiger partial charge in [0.1, 0.15) is 0 Å². The molecule has 1 saturated carbocycles. The van der Waals surface area contributed by atoms with Crippen LogP contribution in [0, 0.1) is 11.8 Å². The second-order valence-corrected chi connectivity index (χ2v) is 5.30. The van der Waals surface area contributed by atoms with Gasteiger partial charge in [-0.3, -0.25) is 4.79 Å². The number of hydrogen-bond acceptors (Lipinski definition) is 4. The van der Waals surface area contributed by atoms with Crippen LogP contribution in [0.5, 0.6) is 0 Å². The molecule has 1 heterocycles. The number of thiazole rings is 1. The van der Waals surface area contributed by atoms with Gasteiger partial charge < -0.3 is 11.1 Å². The molecular formula is C12H19N3OS. The second-order valence-electron chi connectivity index (χ2n) is 4.58.